The molecule has 2 N–H and O–H groups in total. The average Bonchev–Trinajstić information content (AvgIpc) is 2.77. The van der Waals surface area contributed by atoms with Crippen molar-refractivity contribution < 1.29 is 9.47 Å². The van der Waals surface area contributed by atoms with Crippen molar-refractivity contribution in [2.75, 3.05) is 6.61 Å². The molecule has 5 heteroatoms. The van der Waals surface area contributed by atoms with Gasteiger partial charge >= 0.3 is 0 Å². The summed E-state index contributed by atoms with van der Waals surface area (Å²) in [6.07, 6.45) is -0.153. The van der Waals surface area contributed by atoms with Crippen LogP contribution < -0.4 is 15.2 Å². The Morgan fingerprint density at radius 3 is 2.79 bits per heavy atom. The lowest BCUT2D eigenvalue weighted by molar-refractivity contribution is 0.0729. The summed E-state index contributed by atoms with van der Waals surface area (Å²) < 4.78 is 12.8. The maximum absolute atomic E-state index is 6.29. The van der Waals surface area contributed by atoms with E-state index >= 15 is 0 Å². The molecule has 0 bridgehead atoms. The predicted molar refractivity (Wildman–Crippen MR) is 80.0 cm³/mol. The highest BCUT2D eigenvalue weighted by molar-refractivity contribution is 9.11. The van der Waals surface area contributed by atoms with Gasteiger partial charge in [-0.15, -0.1) is 11.3 Å². The smallest absolute Gasteiger partial charge is 0.161 e. The number of benzene rings is 1. The van der Waals surface area contributed by atoms with E-state index < -0.39 is 0 Å². The molecule has 1 aromatic heterocycles. The molecule has 19 heavy (non-hydrogen) atoms. The number of aryl methyl sites for hydroxylation is 1. The van der Waals surface area contributed by atoms with Crippen LogP contribution in [-0.2, 0) is 0 Å². The molecule has 0 saturated heterocycles. The normalized spacial score (nSPS) is 19.2. The third-order valence-corrected chi connectivity index (χ3v) is 5.37. The van der Waals surface area contributed by atoms with Gasteiger partial charge in [-0.1, -0.05) is 12.1 Å². The summed E-state index contributed by atoms with van der Waals surface area (Å²) in [6, 6.07) is 9.60. The van der Waals surface area contributed by atoms with Crippen LogP contribution in [-0.4, -0.2) is 12.7 Å². The summed E-state index contributed by atoms with van der Waals surface area (Å²) in [4.78, 5) is 1.11. The topological polar surface area (TPSA) is 44.5 Å². The second kappa shape index (κ2) is 5.15. The Labute approximate surface area is 124 Å². The van der Waals surface area contributed by atoms with Gasteiger partial charge in [0.25, 0.3) is 0 Å². The van der Waals surface area contributed by atoms with Gasteiger partial charge < -0.3 is 15.2 Å². The molecule has 1 aliphatic rings. The first-order valence-corrected chi connectivity index (χ1v) is 7.66. The van der Waals surface area contributed by atoms with Gasteiger partial charge in [-0.25, -0.2) is 0 Å². The lowest BCUT2D eigenvalue weighted by Crippen LogP contribution is -2.38. The lowest BCUT2D eigenvalue weighted by Gasteiger charge is -2.29. The van der Waals surface area contributed by atoms with Crippen molar-refractivity contribution in [2.24, 2.45) is 5.73 Å². The third-order valence-electron chi connectivity index (χ3n) is 3.14. The Balaban J connectivity index is 1.81. The highest BCUT2D eigenvalue weighted by Crippen LogP contribution is 2.36. The third kappa shape index (κ3) is 2.50. The second-order valence-electron chi connectivity index (χ2n) is 4.55. The molecule has 3 nitrogen and oxygen atoms in total. The molecule has 2 aromatic rings. The maximum Gasteiger partial charge on any atom is 0.161 e. The molecule has 0 radical (unpaired) electrons. The van der Waals surface area contributed by atoms with E-state index in [4.69, 9.17) is 15.2 Å². The van der Waals surface area contributed by atoms with Gasteiger partial charge in [0.15, 0.2) is 17.6 Å². The van der Waals surface area contributed by atoms with Crippen LogP contribution in [0.5, 0.6) is 11.5 Å². The van der Waals surface area contributed by atoms with Crippen LogP contribution in [0, 0.1) is 6.92 Å². The summed E-state index contributed by atoms with van der Waals surface area (Å²) in [5.74, 6) is 1.55. The Morgan fingerprint density at radius 1 is 1.37 bits per heavy atom. The van der Waals surface area contributed by atoms with Gasteiger partial charge in [0.2, 0.25) is 0 Å². The summed E-state index contributed by atoms with van der Waals surface area (Å²) in [6.45, 7) is 2.54. The molecule has 0 amide bonds. The zero-order valence-corrected chi connectivity index (χ0v) is 12.8. The zero-order chi connectivity index (χ0) is 13.4. The molecular formula is C14H14BrNO2S. The van der Waals surface area contributed by atoms with Gasteiger partial charge in [0.1, 0.15) is 6.61 Å². The van der Waals surface area contributed by atoms with E-state index in [1.165, 1.54) is 5.56 Å². The minimum Gasteiger partial charge on any atom is -0.486 e. The minimum atomic E-state index is -0.177. The van der Waals surface area contributed by atoms with Crippen molar-refractivity contribution in [1.29, 1.82) is 0 Å². The van der Waals surface area contributed by atoms with Crippen LogP contribution in [0.1, 0.15) is 16.5 Å². The number of fused-ring (bicyclic) bond motifs is 1. The molecule has 3 rings (SSSR count). The van der Waals surface area contributed by atoms with Crippen LogP contribution in [0.2, 0.25) is 0 Å². The summed E-state index contributed by atoms with van der Waals surface area (Å²) >= 11 is 5.18. The molecule has 2 atom stereocenters. The number of nitrogens with two attached hydrogens (primary N) is 1. The van der Waals surface area contributed by atoms with E-state index in [9.17, 15) is 0 Å². The van der Waals surface area contributed by atoms with Crippen molar-refractivity contribution in [1.82, 2.24) is 0 Å². The average molecular weight is 340 g/mol. The molecule has 100 valence electrons. The van der Waals surface area contributed by atoms with Gasteiger partial charge in [-0.05, 0) is 46.6 Å². The highest BCUT2D eigenvalue weighted by atomic mass is 79.9. The zero-order valence-electron chi connectivity index (χ0n) is 10.4. The fraction of sp³-hybridized carbons (Fsp3) is 0.286. The van der Waals surface area contributed by atoms with Crippen molar-refractivity contribution in [3.63, 3.8) is 0 Å². The van der Waals surface area contributed by atoms with Crippen LogP contribution >= 0.6 is 27.3 Å². The van der Waals surface area contributed by atoms with E-state index in [-0.39, 0.29) is 12.1 Å². The van der Waals surface area contributed by atoms with Crippen molar-refractivity contribution in [3.8, 4) is 11.5 Å². The molecule has 0 fully saturated rings. The first-order chi connectivity index (χ1) is 9.15. The van der Waals surface area contributed by atoms with Gasteiger partial charge in [-0.3, -0.25) is 0 Å². The minimum absolute atomic E-state index is 0.153. The quantitative estimate of drug-likeness (QED) is 0.907. The van der Waals surface area contributed by atoms with Crippen molar-refractivity contribution in [3.05, 3.63) is 44.6 Å². The largest absolute Gasteiger partial charge is 0.486 e. The predicted octanol–water partition coefficient (Wildman–Crippen LogP) is 3.66. The van der Waals surface area contributed by atoms with Crippen LogP contribution in [0.25, 0.3) is 0 Å². The highest BCUT2D eigenvalue weighted by Gasteiger charge is 2.28. The van der Waals surface area contributed by atoms with Gasteiger partial charge in [0.05, 0.1) is 9.83 Å². The molecule has 2 unspecified atom stereocenters. The van der Waals surface area contributed by atoms with E-state index in [2.05, 4.69) is 28.9 Å². The fourth-order valence-corrected chi connectivity index (χ4v) is 3.67. The Kier molecular flexibility index (Phi) is 3.52. The first-order valence-electron chi connectivity index (χ1n) is 6.05. The fourth-order valence-electron chi connectivity index (χ4n) is 2.04. The van der Waals surface area contributed by atoms with Crippen LogP contribution in [0.15, 0.2) is 34.1 Å². The van der Waals surface area contributed by atoms with Crippen molar-refractivity contribution >= 4 is 27.3 Å². The number of hydrogen-bond donors (Lipinski definition) is 1. The first kappa shape index (κ1) is 13.0. The van der Waals surface area contributed by atoms with E-state index in [1.54, 1.807) is 11.3 Å². The summed E-state index contributed by atoms with van der Waals surface area (Å²) in [5.41, 5.74) is 7.50. The number of para-hydroxylation sites is 2. The number of thiophene rings is 1. The molecule has 1 aromatic carbocycles. The van der Waals surface area contributed by atoms with Crippen LogP contribution in [0.3, 0.4) is 0 Å². The Morgan fingerprint density at radius 2 is 2.11 bits per heavy atom. The molecule has 0 aliphatic carbocycles. The standard InChI is InChI=1S/C14H14BrNO2S/c1-8-6-12(19-14(8)15)13(16)11-7-17-9-4-2-3-5-10(9)18-11/h2-6,11,13H,7,16H2,1H3. The number of ether oxygens (including phenoxy) is 2. The van der Waals surface area contributed by atoms with Crippen LogP contribution in [0.4, 0.5) is 0 Å². The SMILES string of the molecule is Cc1cc(C(N)C2COc3ccccc3O2)sc1Br. The summed E-state index contributed by atoms with van der Waals surface area (Å²) in [7, 11) is 0. The number of halogens is 1. The van der Waals surface area contributed by atoms with E-state index in [0.29, 0.717) is 6.61 Å². The maximum atomic E-state index is 6.29. The van der Waals surface area contributed by atoms with Gasteiger partial charge in [-0.2, -0.15) is 0 Å². The van der Waals surface area contributed by atoms with Crippen molar-refractivity contribution in [2.45, 2.75) is 19.1 Å². The molecular weight excluding hydrogens is 326 g/mol. The van der Waals surface area contributed by atoms with E-state index in [0.717, 1.165) is 20.2 Å². The molecule has 0 saturated carbocycles. The molecule has 0 spiro atoms. The number of rotatable bonds is 2. The molecule has 2 heterocycles. The lowest BCUT2D eigenvalue weighted by atomic mass is 10.1. The number of hydrogen-bond acceptors (Lipinski definition) is 4. The van der Waals surface area contributed by atoms with Gasteiger partial charge in [0, 0.05) is 4.88 Å². The Hall–Kier alpha value is -1.04. The van der Waals surface area contributed by atoms with E-state index in [1.807, 2.05) is 24.3 Å². The Bertz CT molecular complexity index is 579. The molecule has 1 aliphatic heterocycles. The summed E-state index contributed by atoms with van der Waals surface area (Å²) in [5, 5.41) is 0. The second-order valence-corrected chi connectivity index (χ2v) is 6.95. The monoisotopic (exact) mass is 339 g/mol.